The van der Waals surface area contributed by atoms with Crippen LogP contribution in [-0.2, 0) is 9.59 Å². The summed E-state index contributed by atoms with van der Waals surface area (Å²) in [7, 11) is 0. The monoisotopic (exact) mass is 287 g/mol. The SMILES string of the molecule is C[C@H](C(=O)N1CC2CCCC2C1C(=O)O)c1ccccc1. The van der Waals surface area contributed by atoms with Gasteiger partial charge in [-0.05, 0) is 37.2 Å². The van der Waals surface area contributed by atoms with Crippen LogP contribution in [0.25, 0.3) is 0 Å². The van der Waals surface area contributed by atoms with Gasteiger partial charge in [-0.3, -0.25) is 4.79 Å². The van der Waals surface area contributed by atoms with Gasteiger partial charge in [-0.1, -0.05) is 36.8 Å². The molecule has 3 unspecified atom stereocenters. The van der Waals surface area contributed by atoms with E-state index in [1.54, 1.807) is 4.90 Å². The number of fused-ring (bicyclic) bond motifs is 1. The smallest absolute Gasteiger partial charge is 0.326 e. The van der Waals surface area contributed by atoms with Crippen LogP contribution < -0.4 is 0 Å². The van der Waals surface area contributed by atoms with E-state index < -0.39 is 12.0 Å². The highest BCUT2D eigenvalue weighted by atomic mass is 16.4. The zero-order valence-corrected chi connectivity index (χ0v) is 12.2. The number of carbonyl (C=O) groups excluding carboxylic acids is 1. The summed E-state index contributed by atoms with van der Waals surface area (Å²) >= 11 is 0. The predicted octanol–water partition coefficient (Wildman–Crippen LogP) is 2.50. The average Bonchev–Trinajstić information content (AvgIpc) is 3.06. The lowest BCUT2D eigenvalue weighted by atomic mass is 9.94. The first-order valence-electron chi connectivity index (χ1n) is 7.68. The molecule has 2 aliphatic rings. The van der Waals surface area contributed by atoms with E-state index in [0.29, 0.717) is 12.5 Å². The van der Waals surface area contributed by atoms with E-state index in [9.17, 15) is 14.7 Å². The molecule has 1 aliphatic carbocycles. The average molecular weight is 287 g/mol. The van der Waals surface area contributed by atoms with Gasteiger partial charge in [0.1, 0.15) is 6.04 Å². The summed E-state index contributed by atoms with van der Waals surface area (Å²) in [6.07, 6.45) is 3.08. The lowest BCUT2D eigenvalue weighted by Gasteiger charge is -2.27. The molecule has 4 heteroatoms. The van der Waals surface area contributed by atoms with E-state index in [1.165, 1.54) is 0 Å². The second kappa shape index (κ2) is 5.51. The molecule has 112 valence electrons. The zero-order valence-electron chi connectivity index (χ0n) is 12.2. The van der Waals surface area contributed by atoms with Gasteiger partial charge in [0.25, 0.3) is 0 Å². The molecule has 1 aromatic carbocycles. The normalized spacial score (nSPS) is 29.2. The van der Waals surface area contributed by atoms with Crippen molar-refractivity contribution in [2.45, 2.75) is 38.1 Å². The van der Waals surface area contributed by atoms with Crippen molar-refractivity contribution in [2.24, 2.45) is 11.8 Å². The Labute approximate surface area is 124 Å². The Morgan fingerprint density at radius 3 is 2.62 bits per heavy atom. The molecule has 0 aromatic heterocycles. The number of hydrogen-bond donors (Lipinski definition) is 1. The fourth-order valence-corrected chi connectivity index (χ4v) is 3.98. The number of aliphatic carboxylic acids is 1. The van der Waals surface area contributed by atoms with Crippen LogP contribution in [0.3, 0.4) is 0 Å². The largest absolute Gasteiger partial charge is 0.480 e. The third-order valence-corrected chi connectivity index (χ3v) is 5.10. The van der Waals surface area contributed by atoms with Gasteiger partial charge in [0.2, 0.25) is 5.91 Å². The standard InChI is InChI=1S/C17H21NO3/c1-11(12-6-3-2-4-7-12)16(19)18-10-13-8-5-9-14(13)15(18)17(20)21/h2-4,6-7,11,13-15H,5,8-10H2,1H3,(H,20,21)/t11-,13?,14?,15?/m0/s1. The Bertz CT molecular complexity index is 542. The molecular weight excluding hydrogens is 266 g/mol. The summed E-state index contributed by atoms with van der Waals surface area (Å²) in [4.78, 5) is 26.0. The number of nitrogens with zero attached hydrogens (tertiary/aromatic N) is 1. The highest BCUT2D eigenvalue weighted by molar-refractivity contribution is 5.88. The Kier molecular flexibility index (Phi) is 3.70. The van der Waals surface area contributed by atoms with E-state index >= 15 is 0 Å². The first-order chi connectivity index (χ1) is 10.1. The maximum Gasteiger partial charge on any atom is 0.326 e. The minimum Gasteiger partial charge on any atom is -0.480 e. The first-order valence-corrected chi connectivity index (χ1v) is 7.68. The number of carboxylic acids is 1. The lowest BCUT2D eigenvalue weighted by molar-refractivity contribution is -0.150. The van der Waals surface area contributed by atoms with E-state index in [1.807, 2.05) is 37.3 Å². The van der Waals surface area contributed by atoms with E-state index in [2.05, 4.69) is 0 Å². The van der Waals surface area contributed by atoms with Crippen molar-refractivity contribution in [3.63, 3.8) is 0 Å². The zero-order chi connectivity index (χ0) is 15.0. The van der Waals surface area contributed by atoms with Crippen molar-refractivity contribution in [1.82, 2.24) is 4.90 Å². The number of carboxylic acid groups (broad SMARTS) is 1. The number of rotatable bonds is 3. The Morgan fingerprint density at radius 2 is 1.95 bits per heavy atom. The molecule has 1 N–H and O–H groups in total. The van der Waals surface area contributed by atoms with Crippen LogP contribution in [0.4, 0.5) is 0 Å². The summed E-state index contributed by atoms with van der Waals surface area (Å²) in [6.45, 7) is 2.47. The Balaban J connectivity index is 1.82. The van der Waals surface area contributed by atoms with Crippen LogP contribution in [0.15, 0.2) is 30.3 Å². The molecule has 1 saturated heterocycles. The van der Waals surface area contributed by atoms with E-state index in [-0.39, 0.29) is 17.7 Å². The molecule has 4 nitrogen and oxygen atoms in total. The van der Waals surface area contributed by atoms with Crippen molar-refractivity contribution in [3.8, 4) is 0 Å². The number of amides is 1. The third-order valence-electron chi connectivity index (χ3n) is 5.10. The van der Waals surface area contributed by atoms with Crippen LogP contribution >= 0.6 is 0 Å². The Morgan fingerprint density at radius 1 is 1.24 bits per heavy atom. The van der Waals surface area contributed by atoms with Gasteiger partial charge in [-0.15, -0.1) is 0 Å². The Hall–Kier alpha value is -1.84. The molecular formula is C17H21NO3. The minimum atomic E-state index is -0.849. The van der Waals surface area contributed by atoms with Crippen molar-refractivity contribution in [3.05, 3.63) is 35.9 Å². The minimum absolute atomic E-state index is 0.0528. The molecule has 4 atom stereocenters. The van der Waals surface area contributed by atoms with Gasteiger partial charge in [0.05, 0.1) is 5.92 Å². The maximum atomic E-state index is 12.8. The molecule has 0 spiro atoms. The van der Waals surface area contributed by atoms with Crippen LogP contribution in [0.5, 0.6) is 0 Å². The maximum absolute atomic E-state index is 12.8. The summed E-state index contributed by atoms with van der Waals surface area (Å²) in [5, 5.41) is 9.54. The number of hydrogen-bond acceptors (Lipinski definition) is 2. The topological polar surface area (TPSA) is 57.6 Å². The quantitative estimate of drug-likeness (QED) is 0.929. The van der Waals surface area contributed by atoms with Gasteiger partial charge in [-0.2, -0.15) is 0 Å². The van der Waals surface area contributed by atoms with Gasteiger partial charge >= 0.3 is 5.97 Å². The summed E-state index contributed by atoms with van der Waals surface area (Å²) in [6, 6.07) is 8.96. The van der Waals surface area contributed by atoms with Gasteiger partial charge in [0.15, 0.2) is 0 Å². The molecule has 0 radical (unpaired) electrons. The van der Waals surface area contributed by atoms with Crippen molar-refractivity contribution >= 4 is 11.9 Å². The second-order valence-electron chi connectivity index (χ2n) is 6.26. The predicted molar refractivity (Wildman–Crippen MR) is 78.8 cm³/mol. The van der Waals surface area contributed by atoms with E-state index in [0.717, 1.165) is 24.8 Å². The molecule has 1 amide bonds. The van der Waals surface area contributed by atoms with Crippen LogP contribution in [-0.4, -0.2) is 34.5 Å². The molecule has 1 aliphatic heterocycles. The van der Waals surface area contributed by atoms with Gasteiger partial charge in [-0.25, -0.2) is 4.79 Å². The fraction of sp³-hybridized carbons (Fsp3) is 0.529. The summed E-state index contributed by atoms with van der Waals surface area (Å²) in [5.41, 5.74) is 0.948. The summed E-state index contributed by atoms with van der Waals surface area (Å²) < 4.78 is 0. The van der Waals surface area contributed by atoms with E-state index in [4.69, 9.17) is 0 Å². The molecule has 1 heterocycles. The van der Waals surface area contributed by atoms with Gasteiger partial charge in [0, 0.05) is 6.54 Å². The molecule has 3 rings (SSSR count). The molecule has 21 heavy (non-hydrogen) atoms. The lowest BCUT2D eigenvalue weighted by Crippen LogP contribution is -2.44. The highest BCUT2D eigenvalue weighted by Gasteiger charge is 2.50. The fourth-order valence-electron chi connectivity index (χ4n) is 3.98. The van der Waals surface area contributed by atoms with Crippen LogP contribution in [0.1, 0.15) is 37.7 Å². The number of benzene rings is 1. The molecule has 1 aromatic rings. The second-order valence-corrected chi connectivity index (χ2v) is 6.26. The first kappa shape index (κ1) is 14.1. The van der Waals surface area contributed by atoms with Crippen molar-refractivity contribution < 1.29 is 14.7 Å². The number of likely N-dealkylation sites (tertiary alicyclic amines) is 1. The number of carbonyl (C=O) groups is 2. The molecule has 2 fully saturated rings. The highest BCUT2D eigenvalue weighted by Crippen LogP contribution is 2.43. The van der Waals surface area contributed by atoms with Crippen molar-refractivity contribution in [2.75, 3.05) is 6.54 Å². The molecule has 1 saturated carbocycles. The van der Waals surface area contributed by atoms with Crippen LogP contribution in [0.2, 0.25) is 0 Å². The van der Waals surface area contributed by atoms with Crippen LogP contribution in [0, 0.1) is 11.8 Å². The third kappa shape index (κ3) is 2.43. The summed E-state index contributed by atoms with van der Waals surface area (Å²) in [5.74, 6) is -0.666. The molecule has 0 bridgehead atoms. The van der Waals surface area contributed by atoms with Gasteiger partial charge < -0.3 is 10.0 Å². The van der Waals surface area contributed by atoms with Crippen molar-refractivity contribution in [1.29, 1.82) is 0 Å².